The van der Waals surface area contributed by atoms with Crippen LogP contribution in [0.5, 0.6) is 0 Å². The number of esters is 1. The van der Waals surface area contributed by atoms with Crippen LogP contribution in [0.25, 0.3) is 10.8 Å². The Labute approximate surface area is 136 Å². The number of hydrogen-bond donors (Lipinski definition) is 1. The molecule has 2 aromatic rings. The van der Waals surface area contributed by atoms with Crippen LogP contribution in [0.3, 0.4) is 0 Å². The summed E-state index contributed by atoms with van der Waals surface area (Å²) in [6.45, 7) is 3.66. The van der Waals surface area contributed by atoms with Crippen molar-refractivity contribution in [3.63, 3.8) is 0 Å². The number of rotatable bonds is 7. The van der Waals surface area contributed by atoms with Crippen molar-refractivity contribution < 1.29 is 14.3 Å². The molecule has 0 fully saturated rings. The highest BCUT2D eigenvalue weighted by molar-refractivity contribution is 6.00. The van der Waals surface area contributed by atoms with Crippen LogP contribution in [0, 0.1) is 0 Å². The third-order valence-corrected chi connectivity index (χ3v) is 3.70. The van der Waals surface area contributed by atoms with E-state index in [2.05, 4.69) is 11.9 Å². The van der Waals surface area contributed by atoms with Crippen LogP contribution in [-0.4, -0.2) is 25.0 Å². The lowest BCUT2D eigenvalue weighted by atomic mass is 10.1. The third kappa shape index (κ3) is 4.42. The Morgan fingerprint density at radius 3 is 2.65 bits per heavy atom. The first-order valence-electron chi connectivity index (χ1n) is 7.64. The molecule has 0 aliphatic carbocycles. The standard InChI is InChI=1S/C19H21NO3/c1-3-4-5-10-17(19(22)23-2)20-18(21)16-12-11-14-8-6-7-9-15(14)13-16/h3,6-9,11-13,17H,1,4-5,10H2,2H3,(H,20,21)/t17-/m0/s1. The maximum absolute atomic E-state index is 12.4. The first-order valence-corrected chi connectivity index (χ1v) is 7.64. The van der Waals surface area contributed by atoms with Crippen molar-refractivity contribution in [1.82, 2.24) is 5.32 Å². The van der Waals surface area contributed by atoms with Crippen LogP contribution in [0.1, 0.15) is 29.6 Å². The number of amides is 1. The average molecular weight is 311 g/mol. The minimum atomic E-state index is -0.640. The highest BCUT2D eigenvalue weighted by Crippen LogP contribution is 2.16. The molecule has 0 spiro atoms. The fourth-order valence-corrected chi connectivity index (χ4v) is 2.43. The van der Waals surface area contributed by atoms with Gasteiger partial charge < -0.3 is 10.1 Å². The lowest BCUT2D eigenvalue weighted by Gasteiger charge is -2.16. The van der Waals surface area contributed by atoms with Gasteiger partial charge in [-0.2, -0.15) is 0 Å². The molecule has 4 heteroatoms. The van der Waals surface area contributed by atoms with E-state index in [1.807, 2.05) is 36.4 Å². The summed E-state index contributed by atoms with van der Waals surface area (Å²) in [6.07, 6.45) is 3.87. The van der Waals surface area contributed by atoms with Crippen LogP contribution >= 0.6 is 0 Å². The Balaban J connectivity index is 2.12. The molecule has 0 saturated carbocycles. The van der Waals surface area contributed by atoms with Crippen LogP contribution in [0.4, 0.5) is 0 Å². The van der Waals surface area contributed by atoms with Gasteiger partial charge in [0.05, 0.1) is 7.11 Å². The summed E-state index contributed by atoms with van der Waals surface area (Å²) in [7, 11) is 1.32. The molecule has 0 heterocycles. The van der Waals surface area contributed by atoms with E-state index in [1.165, 1.54) is 7.11 Å². The minimum absolute atomic E-state index is 0.273. The Bertz CT molecular complexity index is 709. The maximum Gasteiger partial charge on any atom is 0.328 e. The van der Waals surface area contributed by atoms with E-state index in [4.69, 9.17) is 4.74 Å². The van der Waals surface area contributed by atoms with Crippen molar-refractivity contribution in [2.45, 2.75) is 25.3 Å². The highest BCUT2D eigenvalue weighted by atomic mass is 16.5. The number of hydrogen-bond acceptors (Lipinski definition) is 3. The van der Waals surface area contributed by atoms with E-state index >= 15 is 0 Å². The number of unbranched alkanes of at least 4 members (excludes halogenated alkanes) is 1. The van der Waals surface area contributed by atoms with E-state index in [1.54, 1.807) is 12.1 Å². The molecule has 23 heavy (non-hydrogen) atoms. The second-order valence-electron chi connectivity index (χ2n) is 5.33. The van der Waals surface area contributed by atoms with Gasteiger partial charge in [0.2, 0.25) is 0 Å². The van der Waals surface area contributed by atoms with Crippen molar-refractivity contribution in [2.75, 3.05) is 7.11 Å². The molecule has 0 aromatic heterocycles. The smallest absolute Gasteiger partial charge is 0.328 e. The molecule has 0 aliphatic rings. The number of carbonyl (C=O) groups excluding carboxylic acids is 2. The molecule has 0 aliphatic heterocycles. The third-order valence-electron chi connectivity index (χ3n) is 3.70. The molecule has 4 nitrogen and oxygen atoms in total. The number of fused-ring (bicyclic) bond motifs is 1. The van der Waals surface area contributed by atoms with Gasteiger partial charge >= 0.3 is 5.97 Å². The van der Waals surface area contributed by atoms with Gasteiger partial charge in [-0.1, -0.05) is 36.4 Å². The first kappa shape index (κ1) is 16.7. The minimum Gasteiger partial charge on any atom is -0.467 e. The van der Waals surface area contributed by atoms with Crippen molar-refractivity contribution in [3.8, 4) is 0 Å². The zero-order chi connectivity index (χ0) is 16.7. The Morgan fingerprint density at radius 1 is 1.22 bits per heavy atom. The molecule has 0 bridgehead atoms. The fraction of sp³-hybridized carbons (Fsp3) is 0.263. The van der Waals surface area contributed by atoms with Crippen molar-refractivity contribution in [3.05, 3.63) is 60.7 Å². The largest absolute Gasteiger partial charge is 0.467 e. The predicted octanol–water partition coefficient (Wildman–Crippen LogP) is 3.47. The normalized spacial score (nSPS) is 11.7. The zero-order valence-corrected chi connectivity index (χ0v) is 13.2. The van der Waals surface area contributed by atoms with Gasteiger partial charge in [0.1, 0.15) is 6.04 Å². The van der Waals surface area contributed by atoms with Crippen molar-refractivity contribution in [1.29, 1.82) is 0 Å². The van der Waals surface area contributed by atoms with E-state index in [-0.39, 0.29) is 5.91 Å². The number of methoxy groups -OCH3 is 1. The van der Waals surface area contributed by atoms with Crippen molar-refractivity contribution >= 4 is 22.6 Å². The molecular formula is C19H21NO3. The quantitative estimate of drug-likeness (QED) is 0.484. The van der Waals surface area contributed by atoms with Gasteiger partial charge in [0.15, 0.2) is 0 Å². The molecule has 0 radical (unpaired) electrons. The first-order chi connectivity index (χ1) is 11.2. The average Bonchev–Trinajstić information content (AvgIpc) is 2.59. The fourth-order valence-electron chi connectivity index (χ4n) is 2.43. The second kappa shape index (κ2) is 8.13. The molecule has 2 aromatic carbocycles. The van der Waals surface area contributed by atoms with Gasteiger partial charge in [-0.15, -0.1) is 6.58 Å². The van der Waals surface area contributed by atoms with Gasteiger partial charge in [-0.3, -0.25) is 4.79 Å². The van der Waals surface area contributed by atoms with E-state index in [9.17, 15) is 9.59 Å². The lowest BCUT2D eigenvalue weighted by molar-refractivity contribution is -0.143. The number of carbonyl (C=O) groups is 2. The van der Waals surface area contributed by atoms with E-state index < -0.39 is 12.0 Å². The summed E-state index contributed by atoms with van der Waals surface area (Å²) >= 11 is 0. The van der Waals surface area contributed by atoms with Gasteiger partial charge in [-0.25, -0.2) is 4.79 Å². The molecule has 1 N–H and O–H groups in total. The number of benzene rings is 2. The molecule has 2 rings (SSSR count). The van der Waals surface area contributed by atoms with E-state index in [0.29, 0.717) is 12.0 Å². The SMILES string of the molecule is C=CCCC[C@H](NC(=O)c1ccc2ccccc2c1)C(=O)OC. The van der Waals surface area contributed by atoms with E-state index in [0.717, 1.165) is 23.6 Å². The van der Waals surface area contributed by atoms with Crippen LogP contribution in [-0.2, 0) is 9.53 Å². The highest BCUT2D eigenvalue weighted by Gasteiger charge is 2.21. The van der Waals surface area contributed by atoms with Crippen LogP contribution in [0.2, 0.25) is 0 Å². The summed E-state index contributed by atoms with van der Waals surface area (Å²) in [4.78, 5) is 24.2. The molecule has 1 atom stereocenters. The number of ether oxygens (including phenoxy) is 1. The summed E-state index contributed by atoms with van der Waals surface area (Å²) in [5.41, 5.74) is 0.529. The second-order valence-corrected chi connectivity index (χ2v) is 5.33. The van der Waals surface area contributed by atoms with Gasteiger partial charge in [0.25, 0.3) is 5.91 Å². The molecular weight excluding hydrogens is 290 g/mol. The molecule has 0 saturated heterocycles. The topological polar surface area (TPSA) is 55.4 Å². The summed E-state index contributed by atoms with van der Waals surface area (Å²) in [5.74, 6) is -0.701. The predicted molar refractivity (Wildman–Crippen MR) is 91.3 cm³/mol. The van der Waals surface area contributed by atoms with Crippen molar-refractivity contribution in [2.24, 2.45) is 0 Å². The van der Waals surface area contributed by atoms with Crippen LogP contribution in [0.15, 0.2) is 55.1 Å². The molecule has 1 amide bonds. The van der Waals surface area contributed by atoms with Gasteiger partial charge in [-0.05, 0) is 42.2 Å². The molecule has 120 valence electrons. The molecule has 0 unspecified atom stereocenters. The zero-order valence-electron chi connectivity index (χ0n) is 13.2. The Hall–Kier alpha value is -2.62. The maximum atomic E-state index is 12.4. The number of nitrogens with one attached hydrogen (secondary N) is 1. The lowest BCUT2D eigenvalue weighted by Crippen LogP contribution is -2.41. The summed E-state index contributed by atoms with van der Waals surface area (Å²) in [5, 5.41) is 4.82. The summed E-state index contributed by atoms with van der Waals surface area (Å²) < 4.78 is 4.77. The van der Waals surface area contributed by atoms with Crippen LogP contribution < -0.4 is 5.32 Å². The monoisotopic (exact) mass is 311 g/mol. The number of allylic oxidation sites excluding steroid dienone is 1. The Kier molecular flexibility index (Phi) is 5.92. The summed E-state index contributed by atoms with van der Waals surface area (Å²) in [6, 6.07) is 12.7. The Morgan fingerprint density at radius 2 is 1.96 bits per heavy atom. The van der Waals surface area contributed by atoms with Gasteiger partial charge in [0, 0.05) is 5.56 Å².